The quantitative estimate of drug-likeness (QED) is 0.548. The van der Waals surface area contributed by atoms with Crippen LogP contribution < -0.4 is 11.3 Å². The van der Waals surface area contributed by atoms with E-state index in [0.717, 1.165) is 45.1 Å². The molecule has 18 heavy (non-hydrogen) atoms. The molecule has 0 aromatic carbocycles. The molecule has 3 N–H and O–H groups in total. The molecule has 0 amide bonds. The van der Waals surface area contributed by atoms with Crippen LogP contribution in [0.25, 0.3) is 0 Å². The van der Waals surface area contributed by atoms with Crippen LogP contribution >= 0.6 is 0 Å². The lowest BCUT2D eigenvalue weighted by molar-refractivity contribution is 0.0987. The highest BCUT2D eigenvalue weighted by Gasteiger charge is 2.29. The molecule has 2 aliphatic rings. The minimum absolute atomic E-state index is 0.215. The molecule has 2 rings (SSSR count). The third-order valence-corrected chi connectivity index (χ3v) is 5.88. The van der Waals surface area contributed by atoms with Gasteiger partial charge in [0.05, 0.1) is 17.6 Å². The summed E-state index contributed by atoms with van der Waals surface area (Å²) < 4.78 is 28.4. The van der Waals surface area contributed by atoms with E-state index in [-0.39, 0.29) is 12.0 Å². The van der Waals surface area contributed by atoms with Gasteiger partial charge in [-0.05, 0) is 44.4 Å². The van der Waals surface area contributed by atoms with E-state index in [0.29, 0.717) is 17.6 Å². The Bertz CT molecular complexity index is 352. The van der Waals surface area contributed by atoms with E-state index in [1.54, 1.807) is 0 Å². The van der Waals surface area contributed by atoms with Crippen LogP contribution in [-0.4, -0.2) is 38.7 Å². The minimum Gasteiger partial charge on any atom is -0.378 e. The monoisotopic (exact) mass is 276 g/mol. The highest BCUT2D eigenvalue weighted by molar-refractivity contribution is 7.91. The molecule has 2 heterocycles. The van der Waals surface area contributed by atoms with Gasteiger partial charge in [0.25, 0.3) is 0 Å². The van der Waals surface area contributed by atoms with Crippen molar-refractivity contribution < 1.29 is 13.2 Å². The summed E-state index contributed by atoms with van der Waals surface area (Å²) in [6.45, 7) is 0.881. The lowest BCUT2D eigenvalue weighted by atomic mass is 9.95. The molecule has 5 nitrogen and oxygen atoms in total. The van der Waals surface area contributed by atoms with E-state index in [1.807, 2.05) is 0 Å². The molecule has 0 aromatic heterocycles. The van der Waals surface area contributed by atoms with Gasteiger partial charge >= 0.3 is 0 Å². The van der Waals surface area contributed by atoms with Crippen LogP contribution in [0.5, 0.6) is 0 Å². The van der Waals surface area contributed by atoms with Crippen molar-refractivity contribution in [2.75, 3.05) is 18.1 Å². The van der Waals surface area contributed by atoms with E-state index < -0.39 is 9.84 Å². The second kappa shape index (κ2) is 6.32. The third kappa shape index (κ3) is 4.19. The molecule has 3 atom stereocenters. The fourth-order valence-corrected chi connectivity index (χ4v) is 4.87. The molecule has 0 aromatic rings. The van der Waals surface area contributed by atoms with Crippen LogP contribution in [0.2, 0.25) is 0 Å². The Morgan fingerprint density at radius 3 is 2.78 bits per heavy atom. The van der Waals surface area contributed by atoms with E-state index in [1.165, 1.54) is 0 Å². The lowest BCUT2D eigenvalue weighted by Crippen LogP contribution is -2.37. The second-order valence-corrected chi connectivity index (χ2v) is 7.81. The van der Waals surface area contributed by atoms with Gasteiger partial charge in [0, 0.05) is 12.6 Å². The number of sulfone groups is 1. The Hall–Kier alpha value is -0.170. The maximum atomic E-state index is 11.4. The van der Waals surface area contributed by atoms with Crippen LogP contribution in [0.3, 0.4) is 0 Å². The maximum absolute atomic E-state index is 11.4. The van der Waals surface area contributed by atoms with Crippen LogP contribution in [0, 0.1) is 5.92 Å². The molecule has 2 saturated heterocycles. The number of nitrogens with one attached hydrogen (secondary N) is 1. The first-order chi connectivity index (χ1) is 8.59. The third-order valence-electron chi connectivity index (χ3n) is 4.04. The molecule has 0 spiro atoms. The molecular weight excluding hydrogens is 252 g/mol. The SMILES string of the molecule is NNC(CCC1CCCO1)CC1CCS(=O)(=O)C1. The van der Waals surface area contributed by atoms with Crippen molar-refractivity contribution in [1.82, 2.24) is 5.43 Å². The molecule has 6 heteroatoms. The van der Waals surface area contributed by atoms with Gasteiger partial charge in [0.15, 0.2) is 9.84 Å². The highest BCUT2D eigenvalue weighted by Crippen LogP contribution is 2.25. The Morgan fingerprint density at radius 1 is 1.39 bits per heavy atom. The fourth-order valence-electron chi connectivity index (χ4n) is 2.99. The molecule has 0 aliphatic carbocycles. The van der Waals surface area contributed by atoms with Crippen molar-refractivity contribution in [2.24, 2.45) is 11.8 Å². The maximum Gasteiger partial charge on any atom is 0.150 e. The predicted octanol–water partition coefficient (Wildman–Crippen LogP) is 0.602. The van der Waals surface area contributed by atoms with Crippen LogP contribution in [-0.2, 0) is 14.6 Å². The van der Waals surface area contributed by atoms with Crippen molar-refractivity contribution in [1.29, 1.82) is 0 Å². The van der Waals surface area contributed by atoms with E-state index in [9.17, 15) is 8.42 Å². The molecule has 2 fully saturated rings. The molecule has 2 aliphatic heterocycles. The van der Waals surface area contributed by atoms with Gasteiger partial charge in [0.2, 0.25) is 0 Å². The van der Waals surface area contributed by atoms with Crippen molar-refractivity contribution >= 4 is 9.84 Å². The van der Waals surface area contributed by atoms with Gasteiger partial charge in [-0.25, -0.2) is 8.42 Å². The average Bonchev–Trinajstić information content (AvgIpc) is 2.94. The largest absolute Gasteiger partial charge is 0.378 e. The zero-order valence-electron chi connectivity index (χ0n) is 10.8. The lowest BCUT2D eigenvalue weighted by Gasteiger charge is -2.20. The highest BCUT2D eigenvalue weighted by atomic mass is 32.2. The topological polar surface area (TPSA) is 81.4 Å². The normalized spacial score (nSPS) is 32.7. The van der Waals surface area contributed by atoms with Crippen molar-refractivity contribution in [3.8, 4) is 0 Å². The number of nitrogens with two attached hydrogens (primary N) is 1. The average molecular weight is 276 g/mol. The first-order valence-corrected chi connectivity index (χ1v) is 8.69. The fraction of sp³-hybridized carbons (Fsp3) is 1.00. The van der Waals surface area contributed by atoms with Gasteiger partial charge in [-0.15, -0.1) is 0 Å². The number of hydrazine groups is 1. The van der Waals surface area contributed by atoms with Crippen LogP contribution in [0.1, 0.15) is 38.5 Å². The first kappa shape index (κ1) is 14.2. The zero-order chi connectivity index (χ0) is 13.0. The molecular formula is C12H24N2O3S. The standard InChI is InChI=1S/C12H24N2O3S/c13-14-11(3-4-12-2-1-6-17-12)8-10-5-7-18(15,16)9-10/h10-12,14H,1-9,13H2. The first-order valence-electron chi connectivity index (χ1n) is 6.87. The van der Waals surface area contributed by atoms with Crippen LogP contribution in [0.4, 0.5) is 0 Å². The number of rotatable bonds is 6. The summed E-state index contributed by atoms with van der Waals surface area (Å²) in [7, 11) is -2.77. The van der Waals surface area contributed by atoms with Crippen LogP contribution in [0.15, 0.2) is 0 Å². The van der Waals surface area contributed by atoms with Crippen molar-refractivity contribution in [3.63, 3.8) is 0 Å². The van der Waals surface area contributed by atoms with E-state index in [2.05, 4.69) is 5.43 Å². The summed E-state index contributed by atoms with van der Waals surface area (Å²) in [6.07, 6.45) is 6.34. The van der Waals surface area contributed by atoms with E-state index in [4.69, 9.17) is 10.6 Å². The summed E-state index contributed by atoms with van der Waals surface area (Å²) in [5.41, 5.74) is 2.83. The van der Waals surface area contributed by atoms with Gasteiger partial charge in [0.1, 0.15) is 0 Å². The summed E-state index contributed by atoms with van der Waals surface area (Å²) in [6, 6.07) is 0.215. The minimum atomic E-state index is -2.77. The zero-order valence-corrected chi connectivity index (χ0v) is 11.6. The van der Waals surface area contributed by atoms with Crippen molar-refractivity contribution in [2.45, 2.75) is 50.7 Å². The molecule has 106 valence electrons. The van der Waals surface area contributed by atoms with Gasteiger partial charge in [-0.3, -0.25) is 11.3 Å². The molecule has 0 saturated carbocycles. The molecule has 0 bridgehead atoms. The summed E-state index contributed by atoms with van der Waals surface area (Å²) in [4.78, 5) is 0. The molecule has 0 radical (unpaired) electrons. The Kier molecular flexibility index (Phi) is 5.00. The van der Waals surface area contributed by atoms with Gasteiger partial charge < -0.3 is 4.74 Å². The number of ether oxygens (including phenoxy) is 1. The van der Waals surface area contributed by atoms with Gasteiger partial charge in [-0.2, -0.15) is 0 Å². The number of hydrogen-bond acceptors (Lipinski definition) is 5. The smallest absolute Gasteiger partial charge is 0.150 e. The Morgan fingerprint density at radius 2 is 2.22 bits per heavy atom. The Balaban J connectivity index is 1.71. The Labute approximate surface area is 109 Å². The van der Waals surface area contributed by atoms with Crippen molar-refractivity contribution in [3.05, 3.63) is 0 Å². The predicted molar refractivity (Wildman–Crippen MR) is 70.7 cm³/mol. The summed E-state index contributed by atoms with van der Waals surface area (Å²) >= 11 is 0. The summed E-state index contributed by atoms with van der Waals surface area (Å²) in [5, 5.41) is 0. The summed E-state index contributed by atoms with van der Waals surface area (Å²) in [5.74, 6) is 6.53. The number of hydrogen-bond donors (Lipinski definition) is 2. The van der Waals surface area contributed by atoms with Gasteiger partial charge in [-0.1, -0.05) is 0 Å². The second-order valence-electron chi connectivity index (χ2n) is 5.58. The molecule has 3 unspecified atom stereocenters. The van der Waals surface area contributed by atoms with E-state index >= 15 is 0 Å².